The van der Waals surface area contributed by atoms with Crippen LogP contribution in [0.25, 0.3) is 0 Å². The third kappa shape index (κ3) is 3.56. The summed E-state index contributed by atoms with van der Waals surface area (Å²) in [7, 11) is 1.72. The topological polar surface area (TPSA) is 43.4 Å². The molecule has 0 amide bonds. The van der Waals surface area contributed by atoms with Crippen LogP contribution in [0.3, 0.4) is 0 Å². The lowest BCUT2D eigenvalue weighted by Crippen LogP contribution is -2.31. The molecule has 0 spiro atoms. The molecule has 1 aromatic carbocycles. The summed E-state index contributed by atoms with van der Waals surface area (Å²) in [5.74, 6) is 1.74. The van der Waals surface area contributed by atoms with E-state index in [0.717, 1.165) is 50.3 Å². The molecule has 1 aliphatic heterocycles. The zero-order valence-corrected chi connectivity index (χ0v) is 15.5. The van der Waals surface area contributed by atoms with E-state index in [9.17, 15) is 0 Å². The summed E-state index contributed by atoms with van der Waals surface area (Å²) in [5, 5.41) is 3.57. The van der Waals surface area contributed by atoms with E-state index in [0.29, 0.717) is 6.10 Å². The van der Waals surface area contributed by atoms with E-state index in [4.69, 9.17) is 9.47 Å². The molecule has 2 heterocycles. The Kier molecular flexibility index (Phi) is 5.11. The van der Waals surface area contributed by atoms with Crippen molar-refractivity contribution in [1.82, 2.24) is 10.3 Å². The first-order valence-electron chi connectivity index (χ1n) is 9.74. The molecule has 2 aliphatic rings. The standard InChI is InChI=1S/C22H28N2O2/c1-25-20-7-6-18(14-21(20)26-19-4-2-3-5-19)22(10-13-24-16-22)15-17-8-11-23-12-9-17/h6-9,11-12,14,19,24H,2-5,10,13,15-16H2,1H3. The Morgan fingerprint density at radius 1 is 1.12 bits per heavy atom. The molecule has 0 radical (unpaired) electrons. The number of nitrogens with zero attached hydrogens (tertiary/aromatic N) is 1. The van der Waals surface area contributed by atoms with Gasteiger partial charge in [0.25, 0.3) is 0 Å². The number of aromatic nitrogens is 1. The minimum Gasteiger partial charge on any atom is -0.493 e. The van der Waals surface area contributed by atoms with Gasteiger partial charge in [-0.1, -0.05) is 6.07 Å². The molecule has 4 nitrogen and oxygen atoms in total. The monoisotopic (exact) mass is 352 g/mol. The quantitative estimate of drug-likeness (QED) is 0.857. The highest BCUT2D eigenvalue weighted by Gasteiger charge is 2.36. The highest BCUT2D eigenvalue weighted by atomic mass is 16.5. The van der Waals surface area contributed by atoms with Crippen LogP contribution in [0.2, 0.25) is 0 Å². The molecule has 1 atom stereocenters. The van der Waals surface area contributed by atoms with Crippen LogP contribution in [-0.4, -0.2) is 31.3 Å². The molecular weight excluding hydrogens is 324 g/mol. The van der Waals surface area contributed by atoms with Gasteiger partial charge >= 0.3 is 0 Å². The highest BCUT2D eigenvalue weighted by Crippen LogP contribution is 2.40. The van der Waals surface area contributed by atoms with Gasteiger partial charge in [0.15, 0.2) is 11.5 Å². The molecule has 1 N–H and O–H groups in total. The summed E-state index contributed by atoms with van der Waals surface area (Å²) in [6, 6.07) is 10.8. The molecule has 4 heteroatoms. The Balaban J connectivity index is 1.65. The van der Waals surface area contributed by atoms with Crippen molar-refractivity contribution in [1.29, 1.82) is 0 Å². The largest absolute Gasteiger partial charge is 0.493 e. The van der Waals surface area contributed by atoms with Crippen LogP contribution < -0.4 is 14.8 Å². The maximum atomic E-state index is 6.34. The van der Waals surface area contributed by atoms with Crippen molar-refractivity contribution in [3.05, 3.63) is 53.9 Å². The molecule has 1 unspecified atom stereocenters. The first kappa shape index (κ1) is 17.3. The lowest BCUT2D eigenvalue weighted by molar-refractivity contribution is 0.200. The van der Waals surface area contributed by atoms with E-state index >= 15 is 0 Å². The second kappa shape index (κ2) is 7.67. The molecule has 0 bridgehead atoms. The van der Waals surface area contributed by atoms with Gasteiger partial charge in [-0.25, -0.2) is 0 Å². The van der Waals surface area contributed by atoms with Gasteiger partial charge in [0.05, 0.1) is 13.2 Å². The van der Waals surface area contributed by atoms with E-state index in [1.54, 1.807) is 7.11 Å². The number of methoxy groups -OCH3 is 1. The lowest BCUT2D eigenvalue weighted by Gasteiger charge is -2.30. The van der Waals surface area contributed by atoms with Crippen molar-refractivity contribution in [3.8, 4) is 11.5 Å². The number of hydrogen-bond donors (Lipinski definition) is 1. The second-order valence-electron chi connectivity index (χ2n) is 7.63. The molecule has 138 valence electrons. The molecule has 1 saturated heterocycles. The molecule has 4 rings (SSSR count). The van der Waals surface area contributed by atoms with E-state index in [1.165, 1.54) is 24.0 Å². The Bertz CT molecular complexity index is 720. The van der Waals surface area contributed by atoms with E-state index in [1.807, 2.05) is 12.4 Å². The van der Waals surface area contributed by atoms with Crippen LogP contribution in [0.5, 0.6) is 11.5 Å². The maximum Gasteiger partial charge on any atom is 0.161 e. The lowest BCUT2D eigenvalue weighted by atomic mass is 9.75. The summed E-state index contributed by atoms with van der Waals surface area (Å²) in [6.45, 7) is 2.04. The van der Waals surface area contributed by atoms with E-state index in [2.05, 4.69) is 40.6 Å². The number of ether oxygens (including phenoxy) is 2. The fourth-order valence-electron chi connectivity index (χ4n) is 4.42. The maximum absolute atomic E-state index is 6.34. The van der Waals surface area contributed by atoms with Crippen molar-refractivity contribution in [2.45, 2.75) is 50.0 Å². The van der Waals surface area contributed by atoms with Gasteiger partial charge in [0, 0.05) is 24.4 Å². The average Bonchev–Trinajstić information content (AvgIpc) is 3.35. The molecule has 26 heavy (non-hydrogen) atoms. The van der Waals surface area contributed by atoms with Crippen molar-refractivity contribution >= 4 is 0 Å². The Labute approximate surface area is 155 Å². The molecule has 1 saturated carbocycles. The van der Waals surface area contributed by atoms with Gasteiger partial charge in [-0.3, -0.25) is 4.98 Å². The van der Waals surface area contributed by atoms with Crippen molar-refractivity contribution in [3.63, 3.8) is 0 Å². The second-order valence-corrected chi connectivity index (χ2v) is 7.63. The Morgan fingerprint density at radius 2 is 1.92 bits per heavy atom. The fraction of sp³-hybridized carbons (Fsp3) is 0.500. The average molecular weight is 352 g/mol. The smallest absolute Gasteiger partial charge is 0.161 e. The van der Waals surface area contributed by atoms with Crippen LogP contribution in [-0.2, 0) is 11.8 Å². The van der Waals surface area contributed by atoms with Gasteiger partial charge in [0.2, 0.25) is 0 Å². The van der Waals surface area contributed by atoms with Crippen LogP contribution in [0.4, 0.5) is 0 Å². The number of rotatable bonds is 6. The summed E-state index contributed by atoms with van der Waals surface area (Å²) in [4.78, 5) is 4.16. The van der Waals surface area contributed by atoms with E-state index < -0.39 is 0 Å². The molecule has 1 aliphatic carbocycles. The van der Waals surface area contributed by atoms with Crippen molar-refractivity contribution in [2.75, 3.05) is 20.2 Å². The number of nitrogens with one attached hydrogen (secondary N) is 1. The van der Waals surface area contributed by atoms with Crippen LogP contribution in [0.15, 0.2) is 42.7 Å². The molecular formula is C22H28N2O2. The molecule has 2 aromatic rings. The van der Waals surface area contributed by atoms with Gasteiger partial charge in [-0.15, -0.1) is 0 Å². The fourth-order valence-corrected chi connectivity index (χ4v) is 4.42. The summed E-state index contributed by atoms with van der Waals surface area (Å²) in [5.41, 5.74) is 2.77. The number of benzene rings is 1. The van der Waals surface area contributed by atoms with Crippen LogP contribution >= 0.6 is 0 Å². The van der Waals surface area contributed by atoms with Gasteiger partial charge in [-0.2, -0.15) is 0 Å². The highest BCUT2D eigenvalue weighted by molar-refractivity contribution is 5.46. The summed E-state index contributed by atoms with van der Waals surface area (Å²) >= 11 is 0. The van der Waals surface area contributed by atoms with Gasteiger partial charge in [-0.05, 0) is 80.5 Å². The zero-order chi connectivity index (χ0) is 17.8. The third-order valence-electron chi connectivity index (χ3n) is 5.91. The van der Waals surface area contributed by atoms with E-state index in [-0.39, 0.29) is 5.41 Å². The zero-order valence-electron chi connectivity index (χ0n) is 15.5. The Hall–Kier alpha value is -2.07. The minimum absolute atomic E-state index is 0.0986. The first-order chi connectivity index (χ1) is 12.8. The first-order valence-corrected chi connectivity index (χ1v) is 9.74. The normalized spacial score (nSPS) is 23.3. The molecule has 1 aromatic heterocycles. The van der Waals surface area contributed by atoms with Gasteiger partial charge < -0.3 is 14.8 Å². The third-order valence-corrected chi connectivity index (χ3v) is 5.91. The van der Waals surface area contributed by atoms with Gasteiger partial charge in [0.1, 0.15) is 0 Å². The Morgan fingerprint density at radius 3 is 2.62 bits per heavy atom. The summed E-state index contributed by atoms with van der Waals surface area (Å²) < 4.78 is 11.9. The number of hydrogen-bond acceptors (Lipinski definition) is 4. The van der Waals surface area contributed by atoms with Crippen molar-refractivity contribution < 1.29 is 9.47 Å². The van der Waals surface area contributed by atoms with Crippen LogP contribution in [0.1, 0.15) is 43.2 Å². The molecule has 2 fully saturated rings. The number of pyridine rings is 1. The van der Waals surface area contributed by atoms with Crippen LogP contribution in [0, 0.1) is 0 Å². The summed E-state index contributed by atoms with van der Waals surface area (Å²) in [6.07, 6.45) is 11.1. The minimum atomic E-state index is 0.0986. The SMILES string of the molecule is COc1ccc(C2(Cc3ccncc3)CCNC2)cc1OC1CCCC1. The predicted octanol–water partition coefficient (Wildman–Crippen LogP) is 3.89. The predicted molar refractivity (Wildman–Crippen MR) is 103 cm³/mol. The van der Waals surface area contributed by atoms with Crippen molar-refractivity contribution in [2.24, 2.45) is 0 Å².